The van der Waals surface area contributed by atoms with Crippen LogP contribution in [0.25, 0.3) is 5.65 Å². The van der Waals surface area contributed by atoms with Crippen LogP contribution in [-0.2, 0) is 9.84 Å². The third-order valence-corrected chi connectivity index (χ3v) is 5.95. The van der Waals surface area contributed by atoms with Gasteiger partial charge >= 0.3 is 0 Å². The van der Waals surface area contributed by atoms with Crippen molar-refractivity contribution in [2.75, 3.05) is 18.1 Å². The van der Waals surface area contributed by atoms with Crippen LogP contribution in [-0.4, -0.2) is 57.9 Å². The summed E-state index contributed by atoms with van der Waals surface area (Å²) < 4.78 is 25.1. The highest BCUT2D eigenvalue weighted by Crippen LogP contribution is 2.20. The van der Waals surface area contributed by atoms with Crippen molar-refractivity contribution in [2.45, 2.75) is 33.2 Å². The molecule has 1 aliphatic rings. The molecule has 1 saturated heterocycles. The Morgan fingerprint density at radius 3 is 2.74 bits per heavy atom. The molecular weight excluding hydrogens is 316 g/mol. The molecule has 3 rings (SSSR count). The van der Waals surface area contributed by atoms with Crippen LogP contribution >= 0.6 is 0 Å². The van der Waals surface area contributed by atoms with Crippen LogP contribution in [0, 0.1) is 13.8 Å². The van der Waals surface area contributed by atoms with E-state index < -0.39 is 9.84 Å². The minimum Gasteiger partial charge on any atom is -0.334 e. The van der Waals surface area contributed by atoms with Crippen molar-refractivity contribution in [3.63, 3.8) is 0 Å². The molecule has 7 nitrogen and oxygen atoms in total. The zero-order chi connectivity index (χ0) is 16.8. The standard InChI is InChI=1S/C15H20N4O3S/c1-4-18(12-5-6-23(21,22)9-12)15(20)13-8-11(3)19-14(16-13)7-10(2)17-19/h7-8,12H,4-6,9H2,1-3H3. The quantitative estimate of drug-likeness (QED) is 0.835. The summed E-state index contributed by atoms with van der Waals surface area (Å²) in [5.41, 5.74) is 2.61. The Hall–Kier alpha value is -1.96. The van der Waals surface area contributed by atoms with Gasteiger partial charge in [-0.25, -0.2) is 17.9 Å². The number of aromatic nitrogens is 3. The van der Waals surface area contributed by atoms with E-state index in [1.54, 1.807) is 15.5 Å². The highest BCUT2D eigenvalue weighted by molar-refractivity contribution is 7.91. The number of nitrogens with zero attached hydrogens (tertiary/aromatic N) is 4. The summed E-state index contributed by atoms with van der Waals surface area (Å²) in [7, 11) is -3.03. The van der Waals surface area contributed by atoms with E-state index in [1.165, 1.54) is 0 Å². The lowest BCUT2D eigenvalue weighted by Crippen LogP contribution is -2.41. The summed E-state index contributed by atoms with van der Waals surface area (Å²) in [6.45, 7) is 6.06. The number of carbonyl (C=O) groups excluding carboxylic acids is 1. The fraction of sp³-hybridized carbons (Fsp3) is 0.533. The van der Waals surface area contributed by atoms with Crippen molar-refractivity contribution in [1.29, 1.82) is 0 Å². The fourth-order valence-electron chi connectivity index (χ4n) is 3.09. The van der Waals surface area contributed by atoms with Gasteiger partial charge in [-0.1, -0.05) is 0 Å². The van der Waals surface area contributed by atoms with Crippen LogP contribution in [0.2, 0.25) is 0 Å². The Labute approximate surface area is 135 Å². The summed E-state index contributed by atoms with van der Waals surface area (Å²) in [5.74, 6) is -0.0343. The SMILES string of the molecule is CCN(C(=O)c1cc(C)n2nc(C)cc2n1)C1CCS(=O)(=O)C1. The van der Waals surface area contributed by atoms with E-state index in [9.17, 15) is 13.2 Å². The van der Waals surface area contributed by atoms with Crippen molar-refractivity contribution in [3.8, 4) is 0 Å². The molecule has 1 fully saturated rings. The first-order valence-electron chi connectivity index (χ1n) is 7.66. The van der Waals surface area contributed by atoms with Gasteiger partial charge in [0.05, 0.1) is 17.2 Å². The van der Waals surface area contributed by atoms with E-state index in [-0.39, 0.29) is 23.5 Å². The molecule has 0 aromatic carbocycles. The molecule has 0 aliphatic carbocycles. The van der Waals surface area contributed by atoms with E-state index in [1.807, 2.05) is 26.8 Å². The molecule has 1 unspecified atom stereocenters. The molecule has 124 valence electrons. The molecule has 3 heterocycles. The van der Waals surface area contributed by atoms with Gasteiger partial charge in [0.15, 0.2) is 15.5 Å². The Bertz CT molecular complexity index is 872. The van der Waals surface area contributed by atoms with Crippen LogP contribution in [0.1, 0.15) is 35.2 Å². The second-order valence-corrected chi connectivity index (χ2v) is 8.22. The van der Waals surface area contributed by atoms with Gasteiger partial charge in [-0.3, -0.25) is 4.79 Å². The van der Waals surface area contributed by atoms with Crippen LogP contribution in [0.5, 0.6) is 0 Å². The van der Waals surface area contributed by atoms with E-state index in [4.69, 9.17) is 0 Å². The predicted octanol–water partition coefficient (Wildman–Crippen LogP) is 0.995. The number of rotatable bonds is 3. The van der Waals surface area contributed by atoms with Crippen molar-refractivity contribution in [1.82, 2.24) is 19.5 Å². The van der Waals surface area contributed by atoms with Gasteiger partial charge in [0.1, 0.15) is 5.69 Å². The average molecular weight is 336 g/mol. The molecule has 1 amide bonds. The minimum absolute atomic E-state index is 0.0413. The van der Waals surface area contributed by atoms with Crippen molar-refractivity contribution < 1.29 is 13.2 Å². The topological polar surface area (TPSA) is 84.6 Å². The number of aryl methyl sites for hydroxylation is 2. The molecule has 8 heteroatoms. The molecule has 0 bridgehead atoms. The Balaban J connectivity index is 1.95. The Morgan fingerprint density at radius 1 is 1.39 bits per heavy atom. The average Bonchev–Trinajstić information content (AvgIpc) is 3.02. The first-order chi connectivity index (χ1) is 10.8. The van der Waals surface area contributed by atoms with Gasteiger partial charge in [0.2, 0.25) is 0 Å². The lowest BCUT2D eigenvalue weighted by Gasteiger charge is -2.26. The minimum atomic E-state index is -3.03. The highest BCUT2D eigenvalue weighted by atomic mass is 32.2. The zero-order valence-corrected chi connectivity index (χ0v) is 14.3. The Morgan fingerprint density at radius 2 is 2.13 bits per heavy atom. The molecule has 0 N–H and O–H groups in total. The van der Waals surface area contributed by atoms with Crippen LogP contribution in [0.15, 0.2) is 12.1 Å². The van der Waals surface area contributed by atoms with E-state index in [0.717, 1.165) is 11.4 Å². The Kier molecular flexibility index (Phi) is 3.87. The molecule has 1 aliphatic heterocycles. The molecule has 0 radical (unpaired) electrons. The van der Waals surface area contributed by atoms with Gasteiger partial charge < -0.3 is 4.90 Å². The third-order valence-electron chi connectivity index (χ3n) is 4.20. The summed E-state index contributed by atoms with van der Waals surface area (Å²) >= 11 is 0. The van der Waals surface area contributed by atoms with Gasteiger partial charge in [-0.15, -0.1) is 0 Å². The van der Waals surface area contributed by atoms with Gasteiger partial charge in [0, 0.05) is 24.3 Å². The number of hydrogen-bond donors (Lipinski definition) is 0. The van der Waals surface area contributed by atoms with Crippen LogP contribution < -0.4 is 0 Å². The zero-order valence-electron chi connectivity index (χ0n) is 13.5. The summed E-state index contributed by atoms with van der Waals surface area (Å²) in [5, 5.41) is 4.32. The van der Waals surface area contributed by atoms with Crippen LogP contribution in [0.4, 0.5) is 0 Å². The summed E-state index contributed by atoms with van der Waals surface area (Å²) in [4.78, 5) is 18.8. The maximum Gasteiger partial charge on any atom is 0.272 e. The van der Waals surface area contributed by atoms with Gasteiger partial charge in [0.25, 0.3) is 5.91 Å². The molecular formula is C15H20N4O3S. The molecule has 0 spiro atoms. The van der Waals surface area contributed by atoms with Crippen molar-refractivity contribution in [3.05, 3.63) is 29.2 Å². The number of amides is 1. The lowest BCUT2D eigenvalue weighted by molar-refractivity contribution is 0.0702. The maximum atomic E-state index is 12.8. The summed E-state index contributed by atoms with van der Waals surface area (Å²) in [6.07, 6.45) is 0.495. The largest absolute Gasteiger partial charge is 0.334 e. The fourth-order valence-corrected chi connectivity index (χ4v) is 4.82. The first kappa shape index (κ1) is 15.9. The first-order valence-corrected chi connectivity index (χ1v) is 9.48. The maximum absolute atomic E-state index is 12.8. The highest BCUT2D eigenvalue weighted by Gasteiger charge is 2.34. The van der Waals surface area contributed by atoms with Crippen molar-refractivity contribution in [2.24, 2.45) is 0 Å². The normalized spacial score (nSPS) is 20.0. The van der Waals surface area contributed by atoms with E-state index in [2.05, 4.69) is 10.1 Å². The monoisotopic (exact) mass is 336 g/mol. The van der Waals surface area contributed by atoms with Gasteiger partial charge in [-0.05, 0) is 33.3 Å². The smallest absolute Gasteiger partial charge is 0.272 e. The third kappa shape index (κ3) is 2.95. The number of carbonyl (C=O) groups is 1. The molecule has 2 aromatic rings. The molecule has 23 heavy (non-hydrogen) atoms. The number of hydrogen-bond acceptors (Lipinski definition) is 5. The van der Waals surface area contributed by atoms with Gasteiger partial charge in [-0.2, -0.15) is 5.10 Å². The second kappa shape index (κ2) is 5.59. The van der Waals surface area contributed by atoms with Crippen LogP contribution in [0.3, 0.4) is 0 Å². The predicted molar refractivity (Wildman–Crippen MR) is 86.2 cm³/mol. The van der Waals surface area contributed by atoms with Crippen molar-refractivity contribution >= 4 is 21.4 Å². The number of sulfone groups is 1. The molecule has 2 aromatic heterocycles. The van der Waals surface area contributed by atoms with E-state index >= 15 is 0 Å². The molecule has 0 saturated carbocycles. The summed E-state index contributed by atoms with van der Waals surface area (Å²) in [6, 6.07) is 3.26. The number of fused-ring (bicyclic) bond motifs is 1. The lowest BCUT2D eigenvalue weighted by atomic mass is 10.2. The molecule has 1 atom stereocenters. The van der Waals surface area contributed by atoms with E-state index in [0.29, 0.717) is 24.3 Å². The second-order valence-electron chi connectivity index (χ2n) is 5.99.